The molecule has 142 valence electrons. The zero-order chi connectivity index (χ0) is 20.0. The molecule has 4 N–H and O–H groups in total. The maximum Gasteiger partial charge on any atom is 0.245 e. The summed E-state index contributed by atoms with van der Waals surface area (Å²) in [5, 5.41) is 20.0. The Morgan fingerprint density at radius 2 is 1.93 bits per heavy atom. The number of thioether (sulfide) groups is 1. The molecular weight excluding hydrogens is 386 g/mol. The summed E-state index contributed by atoms with van der Waals surface area (Å²) in [6.45, 7) is 0. The SMILES string of the molecule is N#CC1=C(N)Oc2n[nH]c(CSc3ccccc3)c2[C@]12C(=O)Nc1ccccc12. The number of nitriles is 1. The molecule has 2 aliphatic rings. The number of nitrogens with two attached hydrogens (primary N) is 1. The molecule has 29 heavy (non-hydrogen) atoms. The van der Waals surface area contributed by atoms with Gasteiger partial charge in [0.2, 0.25) is 17.7 Å². The fourth-order valence-corrected chi connectivity index (χ4v) is 4.82. The molecule has 0 aliphatic carbocycles. The molecule has 7 nitrogen and oxygen atoms in total. The highest BCUT2D eigenvalue weighted by atomic mass is 32.2. The first kappa shape index (κ1) is 17.4. The van der Waals surface area contributed by atoms with Crippen molar-refractivity contribution in [2.24, 2.45) is 5.73 Å². The second kappa shape index (κ2) is 6.43. The van der Waals surface area contributed by atoms with Gasteiger partial charge in [-0.15, -0.1) is 16.9 Å². The van der Waals surface area contributed by atoms with Crippen molar-refractivity contribution in [1.82, 2.24) is 10.2 Å². The van der Waals surface area contributed by atoms with Crippen LogP contribution >= 0.6 is 11.8 Å². The van der Waals surface area contributed by atoms with E-state index < -0.39 is 5.41 Å². The first-order valence-corrected chi connectivity index (χ1v) is 9.89. The third kappa shape index (κ3) is 2.38. The second-order valence-electron chi connectivity index (χ2n) is 6.69. The Hall–Kier alpha value is -3.70. The molecule has 1 atom stereocenters. The van der Waals surface area contributed by atoms with Crippen molar-refractivity contribution < 1.29 is 9.53 Å². The van der Waals surface area contributed by atoms with Gasteiger partial charge in [0, 0.05) is 21.9 Å². The van der Waals surface area contributed by atoms with Crippen molar-refractivity contribution >= 4 is 23.4 Å². The monoisotopic (exact) mass is 401 g/mol. The number of carbonyl (C=O) groups excluding carboxylic acids is 1. The number of anilines is 1. The smallest absolute Gasteiger partial charge is 0.245 e. The highest BCUT2D eigenvalue weighted by Gasteiger charge is 2.58. The van der Waals surface area contributed by atoms with Gasteiger partial charge in [-0.3, -0.25) is 9.89 Å². The maximum absolute atomic E-state index is 13.4. The van der Waals surface area contributed by atoms with Crippen molar-refractivity contribution in [3.8, 4) is 11.9 Å². The number of H-pyrrole nitrogens is 1. The number of benzene rings is 2. The number of fused-ring (bicyclic) bond motifs is 4. The molecule has 3 heterocycles. The van der Waals surface area contributed by atoms with E-state index in [1.165, 1.54) is 0 Å². The molecule has 0 bridgehead atoms. The standard InChI is InChI=1S/C21H15N5O2S/c22-10-14-18(23)28-19-17(16(25-26-19)11-29-12-6-2-1-3-7-12)21(14)13-8-4-5-9-15(13)24-20(21)27/h1-9H,11,23H2,(H,24,27)(H,25,26)/t21-/m1/s1. The van der Waals surface area contributed by atoms with Crippen LogP contribution in [-0.4, -0.2) is 16.1 Å². The topological polar surface area (TPSA) is 117 Å². The summed E-state index contributed by atoms with van der Waals surface area (Å²) in [6, 6.07) is 19.3. The Labute approximate surface area is 170 Å². The first-order chi connectivity index (χ1) is 14.2. The summed E-state index contributed by atoms with van der Waals surface area (Å²) < 4.78 is 5.62. The highest BCUT2D eigenvalue weighted by molar-refractivity contribution is 7.98. The number of carbonyl (C=O) groups is 1. The van der Waals surface area contributed by atoms with Crippen molar-refractivity contribution in [2.75, 3.05) is 5.32 Å². The van der Waals surface area contributed by atoms with Gasteiger partial charge in [-0.1, -0.05) is 36.4 Å². The van der Waals surface area contributed by atoms with Crippen LogP contribution in [0, 0.1) is 11.3 Å². The molecule has 3 aromatic rings. The van der Waals surface area contributed by atoms with Gasteiger partial charge >= 0.3 is 0 Å². The van der Waals surface area contributed by atoms with Gasteiger partial charge in [0.25, 0.3) is 0 Å². The summed E-state index contributed by atoms with van der Waals surface area (Å²) in [7, 11) is 0. The predicted octanol–water partition coefficient (Wildman–Crippen LogP) is 3.03. The predicted molar refractivity (Wildman–Crippen MR) is 108 cm³/mol. The molecule has 1 amide bonds. The molecule has 0 fully saturated rings. The van der Waals surface area contributed by atoms with Crippen molar-refractivity contribution in [3.05, 3.63) is 82.9 Å². The lowest BCUT2D eigenvalue weighted by molar-refractivity contribution is -0.118. The number of amides is 1. The summed E-state index contributed by atoms with van der Waals surface area (Å²) in [5.41, 5.74) is 7.29. The zero-order valence-electron chi connectivity index (χ0n) is 15.1. The van der Waals surface area contributed by atoms with Crippen LogP contribution in [0.15, 0.2) is 70.9 Å². The molecule has 0 saturated heterocycles. The lowest BCUT2D eigenvalue weighted by atomic mass is 9.69. The van der Waals surface area contributed by atoms with Gasteiger partial charge in [-0.05, 0) is 18.2 Å². The van der Waals surface area contributed by atoms with E-state index in [4.69, 9.17) is 10.5 Å². The van der Waals surface area contributed by atoms with Gasteiger partial charge in [0.15, 0.2) is 0 Å². The van der Waals surface area contributed by atoms with E-state index in [1.807, 2.05) is 48.5 Å². The molecule has 0 saturated carbocycles. The summed E-state index contributed by atoms with van der Waals surface area (Å²) in [6.07, 6.45) is 0. The number of aromatic nitrogens is 2. The van der Waals surface area contributed by atoms with Crippen LogP contribution in [0.25, 0.3) is 0 Å². The highest BCUT2D eigenvalue weighted by Crippen LogP contribution is 2.54. The molecule has 2 aliphatic heterocycles. The average molecular weight is 401 g/mol. The Kier molecular flexibility index (Phi) is 3.86. The van der Waals surface area contributed by atoms with E-state index in [1.54, 1.807) is 17.8 Å². The van der Waals surface area contributed by atoms with Crippen molar-refractivity contribution in [1.29, 1.82) is 5.26 Å². The first-order valence-electron chi connectivity index (χ1n) is 8.91. The Balaban J connectivity index is 1.70. The van der Waals surface area contributed by atoms with Gasteiger partial charge < -0.3 is 15.8 Å². The fraction of sp³-hybridized carbons (Fsp3) is 0.0952. The van der Waals surface area contributed by atoms with Crippen LogP contribution in [0.2, 0.25) is 0 Å². The van der Waals surface area contributed by atoms with E-state index in [0.717, 1.165) is 4.90 Å². The Bertz CT molecular complexity index is 1210. The number of ether oxygens (including phenoxy) is 1. The molecule has 1 aromatic heterocycles. The lowest BCUT2D eigenvalue weighted by Gasteiger charge is -2.31. The van der Waals surface area contributed by atoms with Crippen LogP contribution in [0.1, 0.15) is 16.8 Å². The largest absolute Gasteiger partial charge is 0.420 e. The minimum atomic E-state index is -1.39. The molecule has 2 aromatic carbocycles. The van der Waals surface area contributed by atoms with E-state index in [2.05, 4.69) is 21.6 Å². The number of rotatable bonds is 3. The van der Waals surface area contributed by atoms with Gasteiger partial charge in [0.1, 0.15) is 17.1 Å². The fourth-order valence-electron chi connectivity index (χ4n) is 3.95. The lowest BCUT2D eigenvalue weighted by Crippen LogP contribution is -2.42. The molecule has 0 unspecified atom stereocenters. The van der Waals surface area contributed by atoms with Crippen molar-refractivity contribution in [2.45, 2.75) is 16.1 Å². The molecule has 8 heteroatoms. The molecular formula is C21H15N5O2S. The molecule has 5 rings (SSSR count). The Morgan fingerprint density at radius 1 is 1.17 bits per heavy atom. The van der Waals surface area contributed by atoms with Crippen LogP contribution in [0.3, 0.4) is 0 Å². The van der Waals surface area contributed by atoms with Gasteiger partial charge in [0.05, 0.1) is 11.3 Å². The van der Waals surface area contributed by atoms with Crippen LogP contribution < -0.4 is 15.8 Å². The number of aromatic amines is 1. The quantitative estimate of drug-likeness (QED) is 0.581. The van der Waals surface area contributed by atoms with E-state index >= 15 is 0 Å². The van der Waals surface area contributed by atoms with Crippen LogP contribution in [0.5, 0.6) is 5.88 Å². The van der Waals surface area contributed by atoms with E-state index in [9.17, 15) is 10.1 Å². The van der Waals surface area contributed by atoms with Gasteiger partial charge in [-0.25, -0.2) is 0 Å². The third-order valence-corrected chi connectivity index (χ3v) is 6.21. The van der Waals surface area contributed by atoms with E-state index in [-0.39, 0.29) is 23.2 Å². The average Bonchev–Trinajstić information content (AvgIpc) is 3.27. The van der Waals surface area contributed by atoms with Gasteiger partial charge in [-0.2, -0.15) is 5.26 Å². The van der Waals surface area contributed by atoms with Crippen molar-refractivity contribution in [3.63, 3.8) is 0 Å². The van der Waals surface area contributed by atoms with Crippen LogP contribution in [0.4, 0.5) is 5.69 Å². The number of hydrogen-bond donors (Lipinski definition) is 3. The molecule has 1 spiro atoms. The minimum absolute atomic E-state index is 0.0693. The summed E-state index contributed by atoms with van der Waals surface area (Å²) in [4.78, 5) is 14.4. The summed E-state index contributed by atoms with van der Waals surface area (Å²) in [5.74, 6) is 0.290. The van der Waals surface area contributed by atoms with E-state index in [0.29, 0.717) is 28.3 Å². The normalized spacial score (nSPS) is 19.3. The minimum Gasteiger partial charge on any atom is -0.420 e. The summed E-state index contributed by atoms with van der Waals surface area (Å²) >= 11 is 1.60. The Morgan fingerprint density at radius 3 is 2.72 bits per heavy atom. The number of nitrogens with one attached hydrogen (secondary N) is 2. The zero-order valence-corrected chi connectivity index (χ0v) is 15.9. The third-order valence-electron chi connectivity index (χ3n) is 5.17. The molecule has 0 radical (unpaired) electrons. The van der Waals surface area contributed by atoms with Crippen LogP contribution in [-0.2, 0) is 16.0 Å². The number of nitrogens with zero attached hydrogens (tertiary/aromatic N) is 2. The number of hydrogen-bond acceptors (Lipinski definition) is 6. The second-order valence-corrected chi connectivity index (χ2v) is 7.74. The number of para-hydroxylation sites is 1. The maximum atomic E-state index is 13.4.